The summed E-state index contributed by atoms with van der Waals surface area (Å²) in [7, 11) is 0. The minimum atomic E-state index is -1.45. The van der Waals surface area contributed by atoms with Gasteiger partial charge < -0.3 is 29.0 Å². The van der Waals surface area contributed by atoms with E-state index in [2.05, 4.69) is 10.3 Å². The lowest BCUT2D eigenvalue weighted by Gasteiger charge is -2.44. The quantitative estimate of drug-likeness (QED) is 0.435. The Hall–Kier alpha value is -3.54. The van der Waals surface area contributed by atoms with Crippen LogP contribution in [0.15, 0.2) is 24.5 Å². The summed E-state index contributed by atoms with van der Waals surface area (Å²) < 4.78 is 26.5. The second-order valence-corrected chi connectivity index (χ2v) is 6.84. The number of carbonyl (C=O) groups is 5. The number of hydrogen-bond donors (Lipinski definition) is 1. The van der Waals surface area contributed by atoms with E-state index in [1.165, 1.54) is 24.5 Å². The number of amides is 1. The molecule has 12 heteroatoms. The molecule has 0 bridgehead atoms. The van der Waals surface area contributed by atoms with Crippen molar-refractivity contribution in [2.75, 3.05) is 6.61 Å². The van der Waals surface area contributed by atoms with Gasteiger partial charge in [0.15, 0.2) is 12.2 Å². The molecule has 0 aliphatic carbocycles. The average molecular weight is 452 g/mol. The zero-order chi connectivity index (χ0) is 23.8. The summed E-state index contributed by atoms with van der Waals surface area (Å²) in [6.45, 7) is 4.12. The average Bonchev–Trinajstić information content (AvgIpc) is 2.70. The Balaban J connectivity index is 2.44. The Morgan fingerprint density at radius 3 is 1.97 bits per heavy atom. The topological polar surface area (TPSA) is 156 Å². The molecular weight excluding hydrogens is 428 g/mol. The number of hydrogen-bond acceptors (Lipinski definition) is 11. The van der Waals surface area contributed by atoms with Gasteiger partial charge in [-0.15, -0.1) is 0 Å². The minimum Gasteiger partial charge on any atom is -0.463 e. The van der Waals surface area contributed by atoms with E-state index >= 15 is 0 Å². The predicted molar refractivity (Wildman–Crippen MR) is 104 cm³/mol. The number of aromatic nitrogens is 1. The summed E-state index contributed by atoms with van der Waals surface area (Å²) in [6, 6.07) is 1.61. The number of ether oxygens (including phenoxy) is 5. The lowest BCUT2D eigenvalue weighted by atomic mass is 9.95. The Bertz CT molecular complexity index is 859. The van der Waals surface area contributed by atoms with Gasteiger partial charge >= 0.3 is 23.9 Å². The maximum absolute atomic E-state index is 12.7. The third kappa shape index (κ3) is 7.01. The minimum absolute atomic E-state index is 0.217. The van der Waals surface area contributed by atoms with Gasteiger partial charge in [-0.05, 0) is 12.1 Å². The van der Waals surface area contributed by atoms with Crippen LogP contribution in [0.4, 0.5) is 0 Å². The van der Waals surface area contributed by atoms with Crippen LogP contribution in [0.3, 0.4) is 0 Å². The zero-order valence-corrected chi connectivity index (χ0v) is 17.9. The Labute approximate surface area is 183 Å². The highest BCUT2D eigenvalue weighted by Gasteiger charge is 2.52. The van der Waals surface area contributed by atoms with Gasteiger partial charge in [0.1, 0.15) is 18.8 Å². The fourth-order valence-corrected chi connectivity index (χ4v) is 3.06. The molecule has 32 heavy (non-hydrogen) atoms. The largest absolute Gasteiger partial charge is 0.463 e. The first-order chi connectivity index (χ1) is 15.1. The molecule has 2 rings (SSSR count). The highest BCUT2D eigenvalue weighted by molar-refractivity contribution is 5.94. The van der Waals surface area contributed by atoms with E-state index < -0.39 is 67.0 Å². The maximum Gasteiger partial charge on any atom is 0.305 e. The third-order valence-electron chi connectivity index (χ3n) is 4.22. The molecule has 1 aromatic rings. The SMILES string of the molecule is CC(=O)OC[C@H]1O[C@@H](OC(C)=O)[C@H](NC(=O)c2ccncc2)[C@@H](OC(C)=O)[C@@H]1OC(C)=O. The Morgan fingerprint density at radius 2 is 1.44 bits per heavy atom. The first-order valence-electron chi connectivity index (χ1n) is 9.59. The lowest BCUT2D eigenvalue weighted by molar-refractivity contribution is -0.270. The highest BCUT2D eigenvalue weighted by atomic mass is 16.7. The van der Waals surface area contributed by atoms with Crippen molar-refractivity contribution in [1.29, 1.82) is 0 Å². The van der Waals surface area contributed by atoms with Crippen molar-refractivity contribution in [3.63, 3.8) is 0 Å². The number of pyridine rings is 1. The van der Waals surface area contributed by atoms with Crippen LogP contribution < -0.4 is 5.32 Å². The third-order valence-corrected chi connectivity index (χ3v) is 4.22. The van der Waals surface area contributed by atoms with Crippen LogP contribution in [0, 0.1) is 0 Å². The molecule has 0 radical (unpaired) electrons. The molecule has 1 saturated heterocycles. The summed E-state index contributed by atoms with van der Waals surface area (Å²) in [5.74, 6) is -3.51. The molecule has 1 aromatic heterocycles. The van der Waals surface area contributed by atoms with Crippen LogP contribution in [0.5, 0.6) is 0 Å². The molecule has 1 aliphatic heterocycles. The Kier molecular flexibility index (Phi) is 8.64. The second-order valence-electron chi connectivity index (χ2n) is 6.84. The van der Waals surface area contributed by atoms with Gasteiger partial charge in [0.2, 0.25) is 6.29 Å². The van der Waals surface area contributed by atoms with Crippen molar-refractivity contribution < 1.29 is 47.7 Å². The molecule has 2 heterocycles. The van der Waals surface area contributed by atoms with Crippen LogP contribution in [-0.4, -0.2) is 72.0 Å². The zero-order valence-electron chi connectivity index (χ0n) is 17.9. The van der Waals surface area contributed by atoms with Crippen LogP contribution in [-0.2, 0) is 42.9 Å². The fourth-order valence-electron chi connectivity index (χ4n) is 3.06. The molecule has 5 atom stereocenters. The first-order valence-corrected chi connectivity index (χ1v) is 9.59. The molecule has 1 amide bonds. The van der Waals surface area contributed by atoms with Crippen molar-refractivity contribution >= 4 is 29.8 Å². The predicted octanol–water partition coefficient (Wildman–Crippen LogP) is -0.105. The molecule has 174 valence electrons. The highest BCUT2D eigenvalue weighted by Crippen LogP contribution is 2.28. The molecule has 0 aromatic carbocycles. The van der Waals surface area contributed by atoms with Crippen molar-refractivity contribution in [2.24, 2.45) is 0 Å². The molecular formula is C20H24N2O10. The Morgan fingerprint density at radius 1 is 0.875 bits per heavy atom. The number of rotatable bonds is 7. The molecule has 12 nitrogen and oxygen atoms in total. The molecule has 1 aliphatic rings. The van der Waals surface area contributed by atoms with Crippen LogP contribution >= 0.6 is 0 Å². The molecule has 1 N–H and O–H groups in total. The normalized spacial score (nSPS) is 24.6. The van der Waals surface area contributed by atoms with Gasteiger partial charge in [-0.3, -0.25) is 29.0 Å². The van der Waals surface area contributed by atoms with Gasteiger partial charge in [-0.25, -0.2) is 0 Å². The number of nitrogens with one attached hydrogen (secondary N) is 1. The van der Waals surface area contributed by atoms with E-state index in [0.29, 0.717) is 0 Å². The summed E-state index contributed by atoms with van der Waals surface area (Å²) in [5, 5.41) is 2.59. The summed E-state index contributed by atoms with van der Waals surface area (Å²) in [5.41, 5.74) is 0.217. The molecule has 0 spiro atoms. The molecule has 1 fully saturated rings. The fraction of sp³-hybridized carbons (Fsp3) is 0.500. The van der Waals surface area contributed by atoms with Crippen LogP contribution in [0.2, 0.25) is 0 Å². The van der Waals surface area contributed by atoms with Gasteiger partial charge in [0.05, 0.1) is 0 Å². The van der Waals surface area contributed by atoms with Crippen molar-refractivity contribution in [1.82, 2.24) is 10.3 Å². The summed E-state index contributed by atoms with van der Waals surface area (Å²) >= 11 is 0. The van der Waals surface area contributed by atoms with Gasteiger partial charge in [-0.2, -0.15) is 0 Å². The van der Waals surface area contributed by atoms with E-state index in [-0.39, 0.29) is 5.56 Å². The molecule has 0 saturated carbocycles. The van der Waals surface area contributed by atoms with E-state index in [1.54, 1.807) is 0 Å². The van der Waals surface area contributed by atoms with Crippen molar-refractivity contribution in [3.05, 3.63) is 30.1 Å². The monoisotopic (exact) mass is 452 g/mol. The molecule has 0 unspecified atom stereocenters. The van der Waals surface area contributed by atoms with E-state index in [1.807, 2.05) is 0 Å². The van der Waals surface area contributed by atoms with Crippen LogP contribution in [0.25, 0.3) is 0 Å². The second kappa shape index (κ2) is 11.2. The summed E-state index contributed by atoms with van der Waals surface area (Å²) in [6.07, 6.45) is -2.43. The van der Waals surface area contributed by atoms with E-state index in [9.17, 15) is 24.0 Å². The number of nitrogens with zero attached hydrogens (tertiary/aromatic N) is 1. The summed E-state index contributed by atoms with van der Waals surface area (Å²) in [4.78, 5) is 63.1. The van der Waals surface area contributed by atoms with Gasteiger partial charge in [0.25, 0.3) is 5.91 Å². The van der Waals surface area contributed by atoms with Crippen LogP contribution in [0.1, 0.15) is 38.1 Å². The maximum atomic E-state index is 12.7. The standard InChI is InChI=1S/C20H24N2O10/c1-10(23)28-9-15-17(29-11(2)24)18(30-12(3)25)16(20(32-15)31-13(4)26)22-19(27)14-5-7-21-8-6-14/h5-8,15-18,20H,9H2,1-4H3,(H,22,27)/t15-,16-,17-,18-,20-/m1/s1. The van der Waals surface area contributed by atoms with E-state index in [4.69, 9.17) is 23.7 Å². The number of esters is 4. The lowest BCUT2D eigenvalue weighted by Crippen LogP contribution is -2.67. The smallest absolute Gasteiger partial charge is 0.305 e. The van der Waals surface area contributed by atoms with Crippen molar-refractivity contribution in [3.8, 4) is 0 Å². The van der Waals surface area contributed by atoms with Gasteiger partial charge in [0, 0.05) is 45.7 Å². The van der Waals surface area contributed by atoms with Gasteiger partial charge in [-0.1, -0.05) is 0 Å². The van der Waals surface area contributed by atoms with Crippen molar-refractivity contribution in [2.45, 2.75) is 58.3 Å². The van der Waals surface area contributed by atoms with E-state index in [0.717, 1.165) is 27.7 Å². The number of carbonyl (C=O) groups excluding carboxylic acids is 5. The first kappa shape index (κ1) is 24.7.